The molecule has 1 saturated heterocycles. The number of nitrogens with two attached hydrogens (primary N) is 2. The van der Waals surface area contributed by atoms with Gasteiger partial charge in [0.2, 0.25) is 11.8 Å². The minimum atomic E-state index is -0.325. The Morgan fingerprint density at radius 1 is 1.35 bits per heavy atom. The molecule has 0 aromatic heterocycles. The van der Waals surface area contributed by atoms with Crippen molar-refractivity contribution in [3.05, 3.63) is 17.7 Å². The van der Waals surface area contributed by atoms with E-state index in [-0.39, 0.29) is 17.9 Å². The van der Waals surface area contributed by atoms with Gasteiger partial charge in [-0.25, -0.2) is 0 Å². The predicted molar refractivity (Wildman–Crippen MR) is 77.4 cm³/mol. The van der Waals surface area contributed by atoms with Gasteiger partial charge in [0.25, 0.3) is 0 Å². The average Bonchev–Trinajstić information content (AvgIpc) is 2.76. The summed E-state index contributed by atoms with van der Waals surface area (Å²) in [5, 5.41) is 2.81. The smallest absolute Gasteiger partial charge is 0.240 e. The van der Waals surface area contributed by atoms with Gasteiger partial charge < -0.3 is 21.7 Å². The highest BCUT2D eigenvalue weighted by Crippen LogP contribution is 2.36. The summed E-state index contributed by atoms with van der Waals surface area (Å²) in [6.07, 6.45) is 3.11. The molecular weight excluding hydrogens is 256 g/mol. The maximum Gasteiger partial charge on any atom is 0.240 e. The van der Waals surface area contributed by atoms with Gasteiger partial charge in [-0.05, 0) is 37.0 Å². The van der Waals surface area contributed by atoms with Crippen molar-refractivity contribution in [2.45, 2.75) is 31.7 Å². The third kappa shape index (κ3) is 2.07. The Bertz CT molecular complexity index is 585. The van der Waals surface area contributed by atoms with E-state index in [0.717, 1.165) is 42.7 Å². The molecule has 5 N–H and O–H groups in total. The van der Waals surface area contributed by atoms with Crippen LogP contribution >= 0.6 is 0 Å². The summed E-state index contributed by atoms with van der Waals surface area (Å²) < 4.78 is 0. The van der Waals surface area contributed by atoms with Crippen LogP contribution in [0.1, 0.15) is 24.8 Å². The van der Waals surface area contributed by atoms with Gasteiger partial charge in [-0.15, -0.1) is 0 Å². The summed E-state index contributed by atoms with van der Waals surface area (Å²) in [4.78, 5) is 25.0. The standard InChI is InChI=1S/C14H18N4O2/c15-9-5-8-6-13(19)17-10(8)7-12(9)18-4-2-1-3-11(18)14(16)20/h5,7,11H,1-4,6,15H2,(H2,16,20)(H,17,19). The van der Waals surface area contributed by atoms with Crippen molar-refractivity contribution in [3.63, 3.8) is 0 Å². The van der Waals surface area contributed by atoms with E-state index in [1.807, 2.05) is 17.0 Å². The molecule has 0 saturated carbocycles. The van der Waals surface area contributed by atoms with Crippen LogP contribution in [-0.4, -0.2) is 24.4 Å². The molecule has 1 unspecified atom stereocenters. The fourth-order valence-electron chi connectivity index (χ4n) is 3.05. The second-order valence-electron chi connectivity index (χ2n) is 5.40. The van der Waals surface area contributed by atoms with Crippen molar-refractivity contribution in [1.82, 2.24) is 0 Å². The maximum atomic E-state index is 11.6. The highest BCUT2D eigenvalue weighted by atomic mass is 16.2. The number of rotatable bonds is 2. The number of hydrogen-bond donors (Lipinski definition) is 3. The van der Waals surface area contributed by atoms with E-state index in [4.69, 9.17) is 11.5 Å². The third-order valence-corrected chi connectivity index (χ3v) is 4.02. The van der Waals surface area contributed by atoms with Gasteiger partial charge in [0.1, 0.15) is 6.04 Å². The minimum absolute atomic E-state index is 0.0263. The molecule has 0 spiro atoms. The third-order valence-electron chi connectivity index (χ3n) is 4.02. The number of primary amides is 1. The number of carbonyl (C=O) groups is 2. The molecule has 0 bridgehead atoms. The van der Waals surface area contributed by atoms with Gasteiger partial charge in [0, 0.05) is 12.2 Å². The first-order valence-corrected chi connectivity index (χ1v) is 6.84. The minimum Gasteiger partial charge on any atom is -0.397 e. The van der Waals surface area contributed by atoms with Crippen LogP contribution in [0.3, 0.4) is 0 Å². The second kappa shape index (κ2) is 4.70. The predicted octanol–water partition coefficient (Wildman–Crippen LogP) is 0.608. The quantitative estimate of drug-likeness (QED) is 0.687. The first-order valence-electron chi connectivity index (χ1n) is 6.84. The first-order chi connectivity index (χ1) is 9.56. The van der Waals surface area contributed by atoms with Crippen LogP contribution in [0.5, 0.6) is 0 Å². The van der Waals surface area contributed by atoms with E-state index in [1.165, 1.54) is 0 Å². The molecule has 6 heteroatoms. The lowest BCUT2D eigenvalue weighted by Crippen LogP contribution is -2.48. The van der Waals surface area contributed by atoms with Crippen LogP contribution in [0.25, 0.3) is 0 Å². The Kier molecular flexibility index (Phi) is 3.00. The maximum absolute atomic E-state index is 11.6. The van der Waals surface area contributed by atoms with E-state index in [2.05, 4.69) is 5.32 Å². The van der Waals surface area contributed by atoms with Gasteiger partial charge in [0.15, 0.2) is 0 Å². The van der Waals surface area contributed by atoms with Crippen LogP contribution < -0.4 is 21.7 Å². The van der Waals surface area contributed by atoms with Crippen molar-refractivity contribution in [1.29, 1.82) is 0 Å². The second-order valence-corrected chi connectivity index (χ2v) is 5.40. The van der Waals surface area contributed by atoms with Crippen LogP contribution in [0.15, 0.2) is 12.1 Å². The van der Waals surface area contributed by atoms with Crippen molar-refractivity contribution in [3.8, 4) is 0 Å². The molecular formula is C14H18N4O2. The number of nitrogens with zero attached hydrogens (tertiary/aromatic N) is 1. The molecule has 1 aromatic carbocycles. The largest absolute Gasteiger partial charge is 0.397 e. The molecule has 0 aliphatic carbocycles. The zero-order valence-electron chi connectivity index (χ0n) is 11.2. The summed E-state index contributed by atoms with van der Waals surface area (Å²) in [5.74, 6) is -0.352. The summed E-state index contributed by atoms with van der Waals surface area (Å²) >= 11 is 0. The van der Waals surface area contributed by atoms with Crippen molar-refractivity contribution in [2.75, 3.05) is 22.5 Å². The Morgan fingerprint density at radius 3 is 2.90 bits per heavy atom. The highest BCUT2D eigenvalue weighted by Gasteiger charge is 2.30. The van der Waals surface area contributed by atoms with Crippen LogP contribution in [0.4, 0.5) is 17.1 Å². The number of piperidine rings is 1. The summed E-state index contributed by atoms with van der Waals surface area (Å²) in [6.45, 7) is 0.755. The number of hydrogen-bond acceptors (Lipinski definition) is 4. The summed E-state index contributed by atoms with van der Waals surface area (Å²) in [5.41, 5.74) is 14.7. The SMILES string of the molecule is NC(=O)C1CCCCN1c1cc2c(cc1N)CC(=O)N2. The van der Waals surface area contributed by atoms with Crippen molar-refractivity contribution in [2.24, 2.45) is 5.73 Å². The summed E-state index contributed by atoms with van der Waals surface area (Å²) in [7, 11) is 0. The lowest BCUT2D eigenvalue weighted by atomic mass is 9.99. The van der Waals surface area contributed by atoms with Crippen molar-refractivity contribution < 1.29 is 9.59 Å². The lowest BCUT2D eigenvalue weighted by molar-refractivity contribution is -0.119. The van der Waals surface area contributed by atoms with Gasteiger partial charge in [-0.3, -0.25) is 9.59 Å². The fraction of sp³-hybridized carbons (Fsp3) is 0.429. The van der Waals surface area contributed by atoms with E-state index in [1.54, 1.807) is 0 Å². The van der Waals surface area contributed by atoms with Crippen LogP contribution in [-0.2, 0) is 16.0 Å². The van der Waals surface area contributed by atoms with Crippen molar-refractivity contribution >= 4 is 28.9 Å². The van der Waals surface area contributed by atoms with E-state index < -0.39 is 0 Å². The van der Waals surface area contributed by atoms with Crippen LogP contribution in [0, 0.1) is 0 Å². The Morgan fingerprint density at radius 2 is 2.15 bits per heavy atom. The Balaban J connectivity index is 1.99. The Labute approximate surface area is 117 Å². The molecule has 1 atom stereocenters. The molecule has 6 nitrogen and oxygen atoms in total. The topological polar surface area (TPSA) is 101 Å². The lowest BCUT2D eigenvalue weighted by Gasteiger charge is -2.36. The highest BCUT2D eigenvalue weighted by molar-refractivity contribution is 6.01. The number of nitrogen functional groups attached to an aromatic ring is 1. The molecule has 2 amide bonds. The zero-order valence-corrected chi connectivity index (χ0v) is 11.2. The normalized spacial score (nSPS) is 21.5. The van der Waals surface area contributed by atoms with E-state index in [0.29, 0.717) is 12.1 Å². The number of amides is 2. The molecule has 2 heterocycles. The number of anilines is 3. The van der Waals surface area contributed by atoms with Gasteiger partial charge in [0.05, 0.1) is 17.8 Å². The summed E-state index contributed by atoms with van der Waals surface area (Å²) in [6, 6.07) is 3.35. The van der Waals surface area contributed by atoms with Gasteiger partial charge in [-0.1, -0.05) is 0 Å². The number of fused-ring (bicyclic) bond motifs is 1. The molecule has 106 valence electrons. The fourth-order valence-corrected chi connectivity index (χ4v) is 3.05. The number of nitrogens with one attached hydrogen (secondary N) is 1. The van der Waals surface area contributed by atoms with Crippen LogP contribution in [0.2, 0.25) is 0 Å². The molecule has 20 heavy (non-hydrogen) atoms. The molecule has 2 aliphatic heterocycles. The monoisotopic (exact) mass is 274 g/mol. The Hall–Kier alpha value is -2.24. The average molecular weight is 274 g/mol. The van der Waals surface area contributed by atoms with E-state index >= 15 is 0 Å². The molecule has 2 aliphatic rings. The first kappa shape index (κ1) is 12.8. The number of carbonyl (C=O) groups excluding carboxylic acids is 2. The van der Waals surface area contributed by atoms with Gasteiger partial charge >= 0.3 is 0 Å². The zero-order chi connectivity index (χ0) is 14.3. The van der Waals surface area contributed by atoms with Gasteiger partial charge in [-0.2, -0.15) is 0 Å². The molecule has 0 radical (unpaired) electrons. The van der Waals surface area contributed by atoms with E-state index in [9.17, 15) is 9.59 Å². The number of benzene rings is 1. The molecule has 1 fully saturated rings. The molecule has 3 rings (SSSR count). The molecule has 1 aromatic rings.